The van der Waals surface area contributed by atoms with Crippen LogP contribution in [0.3, 0.4) is 0 Å². The highest BCUT2D eigenvalue weighted by molar-refractivity contribution is 7.89. The normalized spacial score (nSPS) is 18.6. The smallest absolute Gasteiger partial charge is 0.262 e. The van der Waals surface area contributed by atoms with E-state index < -0.39 is 33.7 Å². The fourth-order valence-corrected chi connectivity index (χ4v) is 3.41. The number of hydrogen-bond donors (Lipinski definition) is 3. The lowest BCUT2D eigenvalue weighted by molar-refractivity contribution is -0.117. The highest BCUT2D eigenvalue weighted by Gasteiger charge is 2.33. The molecule has 2 aromatic rings. The van der Waals surface area contributed by atoms with Crippen molar-refractivity contribution in [2.75, 3.05) is 10.6 Å². The van der Waals surface area contributed by atoms with E-state index in [4.69, 9.17) is 0 Å². The van der Waals surface area contributed by atoms with Crippen molar-refractivity contribution < 1.29 is 22.0 Å². The summed E-state index contributed by atoms with van der Waals surface area (Å²) in [4.78, 5) is 12.0. The number of anilines is 2. The first kappa shape index (κ1) is 15.4. The van der Waals surface area contributed by atoms with Gasteiger partial charge in [-0.3, -0.25) is 4.79 Å². The van der Waals surface area contributed by atoms with Crippen LogP contribution in [0.4, 0.5) is 20.2 Å². The van der Waals surface area contributed by atoms with Crippen molar-refractivity contribution >= 4 is 27.3 Å². The number of halogens is 2. The average Bonchev–Trinajstić information content (AvgIpc) is 2.45. The second kappa shape index (κ2) is 5.60. The van der Waals surface area contributed by atoms with Gasteiger partial charge in [0.25, 0.3) is 5.91 Å². The summed E-state index contributed by atoms with van der Waals surface area (Å²) in [7, 11) is -3.97. The van der Waals surface area contributed by atoms with Crippen molar-refractivity contribution in [3.05, 3.63) is 54.1 Å². The van der Waals surface area contributed by atoms with E-state index in [-0.39, 0.29) is 16.3 Å². The van der Waals surface area contributed by atoms with Gasteiger partial charge in [0.05, 0.1) is 5.69 Å². The van der Waals surface area contributed by atoms with E-state index in [0.29, 0.717) is 0 Å². The molecule has 0 saturated heterocycles. The second-order valence-electron chi connectivity index (χ2n) is 4.84. The molecule has 0 saturated carbocycles. The maximum absolute atomic E-state index is 13.3. The van der Waals surface area contributed by atoms with Gasteiger partial charge >= 0.3 is 0 Å². The third kappa shape index (κ3) is 3.15. The van der Waals surface area contributed by atoms with Gasteiger partial charge in [-0.05, 0) is 36.4 Å². The van der Waals surface area contributed by atoms with Gasteiger partial charge < -0.3 is 10.6 Å². The monoisotopic (exact) mass is 339 g/mol. The third-order valence-electron chi connectivity index (χ3n) is 3.16. The molecule has 23 heavy (non-hydrogen) atoms. The number of carbonyl (C=O) groups is 1. The predicted octanol–water partition coefficient (Wildman–Crippen LogP) is 1.63. The van der Waals surface area contributed by atoms with E-state index in [9.17, 15) is 22.0 Å². The van der Waals surface area contributed by atoms with Crippen molar-refractivity contribution in [3.8, 4) is 0 Å². The Kier molecular flexibility index (Phi) is 3.74. The quantitative estimate of drug-likeness (QED) is 0.776. The van der Waals surface area contributed by atoms with Crippen LogP contribution in [0.1, 0.15) is 0 Å². The van der Waals surface area contributed by atoms with Gasteiger partial charge in [0, 0.05) is 5.69 Å². The topological polar surface area (TPSA) is 87.3 Å². The zero-order valence-corrected chi connectivity index (χ0v) is 12.3. The van der Waals surface area contributed by atoms with Crippen molar-refractivity contribution in [2.24, 2.45) is 0 Å². The first-order valence-electron chi connectivity index (χ1n) is 6.50. The minimum Gasteiger partial charge on any atom is -0.360 e. The number of rotatable bonds is 2. The highest BCUT2D eigenvalue weighted by atomic mass is 32.2. The van der Waals surface area contributed by atoms with Gasteiger partial charge in [-0.2, -0.15) is 4.72 Å². The standard InChI is InChI=1S/C14H11F2N3O3S/c15-8-2-1-3-10(6-8)17-14(20)13-18-11-7-9(16)4-5-12(11)23(21,22)19-13/h1-7,13,18-19H,(H,17,20)/t13-/m1/s1. The molecule has 9 heteroatoms. The van der Waals surface area contributed by atoms with Crippen LogP contribution in [0.5, 0.6) is 0 Å². The molecule has 1 aliphatic heterocycles. The molecule has 0 radical (unpaired) electrons. The zero-order chi connectivity index (χ0) is 16.6. The lowest BCUT2D eigenvalue weighted by Crippen LogP contribution is -2.51. The summed E-state index contributed by atoms with van der Waals surface area (Å²) in [6.45, 7) is 0. The van der Waals surface area contributed by atoms with Crippen molar-refractivity contribution in [2.45, 2.75) is 11.1 Å². The number of nitrogens with one attached hydrogen (secondary N) is 3. The van der Waals surface area contributed by atoms with Crippen LogP contribution in [0.25, 0.3) is 0 Å². The van der Waals surface area contributed by atoms with E-state index in [1.54, 1.807) is 0 Å². The van der Waals surface area contributed by atoms with Crippen LogP contribution < -0.4 is 15.4 Å². The SMILES string of the molecule is O=C(Nc1cccc(F)c1)[C@@H]1Nc2cc(F)ccc2S(=O)(=O)N1. The van der Waals surface area contributed by atoms with Crippen LogP contribution in [-0.2, 0) is 14.8 Å². The van der Waals surface area contributed by atoms with Gasteiger partial charge in [0.1, 0.15) is 16.5 Å². The van der Waals surface area contributed by atoms with Crippen LogP contribution in [-0.4, -0.2) is 20.5 Å². The Hall–Kier alpha value is -2.52. The first-order chi connectivity index (χ1) is 10.8. The Labute approximate surface area is 130 Å². The maximum atomic E-state index is 13.3. The van der Waals surface area contributed by atoms with Crippen LogP contribution in [0.2, 0.25) is 0 Å². The highest BCUT2D eigenvalue weighted by Crippen LogP contribution is 2.26. The number of hydrogen-bond acceptors (Lipinski definition) is 4. The molecule has 0 bridgehead atoms. The average molecular weight is 339 g/mol. The summed E-state index contributed by atoms with van der Waals surface area (Å²) in [5.41, 5.74) is 0.143. The molecule has 0 fully saturated rings. The minimum absolute atomic E-state index is 0.0249. The molecule has 1 aliphatic rings. The molecular formula is C14H11F2N3O3S. The molecule has 1 heterocycles. The molecule has 0 aromatic heterocycles. The fraction of sp³-hybridized carbons (Fsp3) is 0.0714. The Morgan fingerprint density at radius 2 is 1.83 bits per heavy atom. The van der Waals surface area contributed by atoms with Crippen molar-refractivity contribution in [1.82, 2.24) is 4.72 Å². The summed E-state index contributed by atoms with van der Waals surface area (Å²) in [6, 6.07) is 8.23. The van der Waals surface area contributed by atoms with Gasteiger partial charge in [-0.25, -0.2) is 17.2 Å². The molecule has 120 valence electrons. The van der Waals surface area contributed by atoms with Gasteiger partial charge in [-0.1, -0.05) is 6.07 Å². The number of carbonyl (C=O) groups excluding carboxylic acids is 1. The fourth-order valence-electron chi connectivity index (χ4n) is 2.15. The van der Waals surface area contributed by atoms with Crippen molar-refractivity contribution in [1.29, 1.82) is 0 Å². The van der Waals surface area contributed by atoms with E-state index in [2.05, 4.69) is 15.4 Å². The number of fused-ring (bicyclic) bond motifs is 1. The molecule has 0 aliphatic carbocycles. The molecule has 3 N–H and O–H groups in total. The molecule has 1 atom stereocenters. The Balaban J connectivity index is 1.86. The third-order valence-corrected chi connectivity index (χ3v) is 4.64. The number of amides is 1. The Morgan fingerprint density at radius 3 is 2.57 bits per heavy atom. The largest absolute Gasteiger partial charge is 0.360 e. The lowest BCUT2D eigenvalue weighted by atomic mass is 10.2. The van der Waals surface area contributed by atoms with Crippen LogP contribution in [0.15, 0.2) is 47.4 Å². The second-order valence-corrected chi connectivity index (χ2v) is 6.52. The molecule has 1 amide bonds. The minimum atomic E-state index is -3.97. The Bertz CT molecular complexity index is 887. The van der Waals surface area contributed by atoms with E-state index in [1.165, 1.54) is 18.2 Å². The van der Waals surface area contributed by atoms with Crippen molar-refractivity contribution in [3.63, 3.8) is 0 Å². The molecule has 3 rings (SSSR count). The summed E-state index contributed by atoms with van der Waals surface area (Å²) < 4.78 is 52.7. The van der Waals surface area contributed by atoms with Crippen LogP contribution >= 0.6 is 0 Å². The summed E-state index contributed by atoms with van der Waals surface area (Å²) in [6.07, 6.45) is -1.35. The predicted molar refractivity (Wildman–Crippen MR) is 79.2 cm³/mol. The van der Waals surface area contributed by atoms with Gasteiger partial charge in [-0.15, -0.1) is 0 Å². The molecule has 2 aromatic carbocycles. The van der Waals surface area contributed by atoms with Gasteiger partial charge in [0.15, 0.2) is 6.17 Å². The molecular weight excluding hydrogens is 328 g/mol. The summed E-state index contributed by atoms with van der Waals surface area (Å²) >= 11 is 0. The summed E-state index contributed by atoms with van der Waals surface area (Å²) in [5.74, 6) is -1.95. The molecule has 0 spiro atoms. The number of sulfonamides is 1. The molecule has 0 unspecified atom stereocenters. The van der Waals surface area contributed by atoms with E-state index in [0.717, 1.165) is 24.3 Å². The number of benzene rings is 2. The zero-order valence-electron chi connectivity index (χ0n) is 11.5. The van der Waals surface area contributed by atoms with E-state index in [1.807, 2.05) is 0 Å². The van der Waals surface area contributed by atoms with E-state index >= 15 is 0 Å². The lowest BCUT2D eigenvalue weighted by Gasteiger charge is -2.27. The maximum Gasteiger partial charge on any atom is 0.262 e. The molecule has 6 nitrogen and oxygen atoms in total. The first-order valence-corrected chi connectivity index (χ1v) is 7.98. The summed E-state index contributed by atoms with van der Waals surface area (Å²) in [5, 5.41) is 4.97. The van der Waals surface area contributed by atoms with Gasteiger partial charge in [0.2, 0.25) is 10.0 Å². The Morgan fingerprint density at radius 1 is 1.09 bits per heavy atom. The van der Waals surface area contributed by atoms with Crippen LogP contribution in [0, 0.1) is 11.6 Å².